The zero-order valence-electron chi connectivity index (χ0n) is 10.2. The van der Waals surface area contributed by atoms with Crippen molar-refractivity contribution >= 4 is 10.2 Å². The Hall–Kier alpha value is -0.170. The molecule has 1 unspecified atom stereocenters. The van der Waals surface area contributed by atoms with Crippen molar-refractivity contribution in [2.45, 2.75) is 26.7 Å². The molecule has 1 heterocycles. The van der Waals surface area contributed by atoms with Crippen LogP contribution < -0.4 is 10.0 Å². The maximum Gasteiger partial charge on any atom is 0.279 e. The van der Waals surface area contributed by atoms with Crippen LogP contribution in [-0.4, -0.2) is 45.4 Å². The fourth-order valence-corrected chi connectivity index (χ4v) is 3.28. The average molecular weight is 249 g/mol. The van der Waals surface area contributed by atoms with E-state index in [1.807, 2.05) is 13.8 Å². The van der Waals surface area contributed by atoms with E-state index in [1.165, 1.54) is 4.31 Å². The third-order valence-corrected chi connectivity index (χ3v) is 4.73. The molecule has 0 aromatic carbocycles. The lowest BCUT2D eigenvalue weighted by Crippen LogP contribution is -2.44. The fraction of sp³-hybridized carbons (Fsp3) is 1.00. The number of piperidine rings is 1. The average Bonchev–Trinajstić information content (AvgIpc) is 2.29. The van der Waals surface area contributed by atoms with Gasteiger partial charge in [-0.15, -0.1) is 0 Å². The molecule has 1 rings (SSSR count). The van der Waals surface area contributed by atoms with E-state index in [9.17, 15) is 8.42 Å². The van der Waals surface area contributed by atoms with Crippen LogP contribution in [0.2, 0.25) is 0 Å². The van der Waals surface area contributed by atoms with Crippen molar-refractivity contribution in [2.75, 3.05) is 32.7 Å². The predicted molar refractivity (Wildman–Crippen MR) is 65.4 cm³/mol. The molecule has 0 saturated carbocycles. The fourth-order valence-electron chi connectivity index (χ4n) is 1.98. The number of hydrogen-bond acceptors (Lipinski definition) is 3. The molecule has 1 aliphatic heterocycles. The van der Waals surface area contributed by atoms with Gasteiger partial charge in [-0.2, -0.15) is 12.7 Å². The molecule has 0 aliphatic carbocycles. The Morgan fingerprint density at radius 3 is 2.56 bits per heavy atom. The minimum atomic E-state index is -3.27. The predicted octanol–water partition coefficient (Wildman–Crippen LogP) is 0.162. The smallest absolute Gasteiger partial charge is 0.279 e. The molecule has 0 amide bonds. The third kappa shape index (κ3) is 4.01. The molecule has 6 heteroatoms. The summed E-state index contributed by atoms with van der Waals surface area (Å²) in [6.45, 7) is 7.27. The molecule has 2 N–H and O–H groups in total. The lowest BCUT2D eigenvalue weighted by molar-refractivity contribution is 0.367. The molecular weight excluding hydrogens is 226 g/mol. The second-order valence-corrected chi connectivity index (χ2v) is 5.91. The summed E-state index contributed by atoms with van der Waals surface area (Å²) in [5.74, 6) is 0.430. The van der Waals surface area contributed by atoms with Gasteiger partial charge in [0.1, 0.15) is 0 Å². The van der Waals surface area contributed by atoms with Crippen LogP contribution in [0.5, 0.6) is 0 Å². The molecule has 0 radical (unpaired) electrons. The first-order chi connectivity index (χ1) is 7.60. The van der Waals surface area contributed by atoms with E-state index >= 15 is 0 Å². The van der Waals surface area contributed by atoms with Gasteiger partial charge >= 0.3 is 0 Å². The monoisotopic (exact) mass is 249 g/mol. The van der Waals surface area contributed by atoms with Gasteiger partial charge in [-0.3, -0.25) is 0 Å². The summed E-state index contributed by atoms with van der Waals surface area (Å²) in [6, 6.07) is 0. The highest BCUT2D eigenvalue weighted by atomic mass is 32.2. The Labute approximate surface area is 98.8 Å². The first kappa shape index (κ1) is 13.9. The van der Waals surface area contributed by atoms with Crippen LogP contribution >= 0.6 is 0 Å². The van der Waals surface area contributed by atoms with Gasteiger partial charge in [0.25, 0.3) is 10.2 Å². The minimum absolute atomic E-state index is 0.430. The lowest BCUT2D eigenvalue weighted by Gasteiger charge is -2.25. The molecule has 16 heavy (non-hydrogen) atoms. The molecule has 1 fully saturated rings. The summed E-state index contributed by atoms with van der Waals surface area (Å²) < 4.78 is 27.8. The van der Waals surface area contributed by atoms with E-state index in [0.29, 0.717) is 25.6 Å². The summed E-state index contributed by atoms with van der Waals surface area (Å²) in [4.78, 5) is 0. The number of nitrogens with zero attached hydrogens (tertiary/aromatic N) is 1. The topological polar surface area (TPSA) is 61.4 Å². The number of nitrogens with one attached hydrogen (secondary N) is 2. The molecule has 1 atom stereocenters. The first-order valence-corrected chi connectivity index (χ1v) is 7.49. The zero-order chi connectivity index (χ0) is 12.0. The van der Waals surface area contributed by atoms with Gasteiger partial charge in [0, 0.05) is 19.6 Å². The van der Waals surface area contributed by atoms with E-state index in [0.717, 1.165) is 25.9 Å². The van der Waals surface area contributed by atoms with Crippen molar-refractivity contribution in [2.24, 2.45) is 5.92 Å². The highest BCUT2D eigenvalue weighted by Crippen LogP contribution is 2.09. The van der Waals surface area contributed by atoms with Crippen LogP contribution in [0.3, 0.4) is 0 Å². The molecule has 96 valence electrons. The largest absolute Gasteiger partial charge is 0.316 e. The van der Waals surface area contributed by atoms with E-state index in [2.05, 4.69) is 10.0 Å². The molecule has 0 bridgehead atoms. The summed E-state index contributed by atoms with van der Waals surface area (Å²) in [5, 5.41) is 3.28. The maximum absolute atomic E-state index is 11.8. The van der Waals surface area contributed by atoms with E-state index in [-0.39, 0.29) is 0 Å². The Morgan fingerprint density at radius 2 is 2.06 bits per heavy atom. The van der Waals surface area contributed by atoms with Gasteiger partial charge in [-0.05, 0) is 31.8 Å². The molecule has 0 spiro atoms. The zero-order valence-corrected chi connectivity index (χ0v) is 11.0. The molecule has 1 aliphatic rings. The molecule has 1 saturated heterocycles. The lowest BCUT2D eigenvalue weighted by atomic mass is 10.0. The Balaban J connectivity index is 2.40. The van der Waals surface area contributed by atoms with Crippen LogP contribution in [0.1, 0.15) is 26.7 Å². The minimum Gasteiger partial charge on any atom is -0.316 e. The van der Waals surface area contributed by atoms with Crippen molar-refractivity contribution in [1.29, 1.82) is 0 Å². The van der Waals surface area contributed by atoms with Gasteiger partial charge in [-0.25, -0.2) is 4.72 Å². The molecule has 0 aromatic rings. The van der Waals surface area contributed by atoms with E-state index < -0.39 is 10.2 Å². The van der Waals surface area contributed by atoms with Gasteiger partial charge in [0.2, 0.25) is 0 Å². The summed E-state index contributed by atoms with van der Waals surface area (Å²) in [6.07, 6.45) is 2.24. The maximum atomic E-state index is 11.8. The van der Waals surface area contributed by atoms with Crippen molar-refractivity contribution in [3.05, 3.63) is 0 Å². The molecule has 5 nitrogen and oxygen atoms in total. The summed E-state index contributed by atoms with van der Waals surface area (Å²) in [7, 11) is -3.27. The van der Waals surface area contributed by atoms with Crippen LogP contribution in [-0.2, 0) is 10.2 Å². The normalized spacial score (nSPS) is 22.6. The highest BCUT2D eigenvalue weighted by molar-refractivity contribution is 7.87. The second-order valence-electron chi connectivity index (χ2n) is 4.15. The van der Waals surface area contributed by atoms with Gasteiger partial charge in [0.15, 0.2) is 0 Å². The van der Waals surface area contributed by atoms with Crippen LogP contribution in [0.15, 0.2) is 0 Å². The number of hydrogen-bond donors (Lipinski definition) is 2. The quantitative estimate of drug-likeness (QED) is 0.705. The van der Waals surface area contributed by atoms with Crippen molar-refractivity contribution in [3.63, 3.8) is 0 Å². The van der Waals surface area contributed by atoms with E-state index in [4.69, 9.17) is 0 Å². The van der Waals surface area contributed by atoms with Gasteiger partial charge in [-0.1, -0.05) is 13.8 Å². The Kier molecular flexibility index (Phi) is 5.68. The third-order valence-electron chi connectivity index (χ3n) is 3.00. The van der Waals surface area contributed by atoms with E-state index in [1.54, 1.807) is 0 Å². The van der Waals surface area contributed by atoms with Crippen LogP contribution in [0.25, 0.3) is 0 Å². The van der Waals surface area contributed by atoms with Crippen molar-refractivity contribution in [3.8, 4) is 0 Å². The summed E-state index contributed by atoms with van der Waals surface area (Å²) >= 11 is 0. The Morgan fingerprint density at radius 1 is 1.38 bits per heavy atom. The SMILES string of the molecule is CCN(CC)S(=O)(=O)NCC1CCCNC1. The Bertz CT molecular complexity index is 282. The highest BCUT2D eigenvalue weighted by Gasteiger charge is 2.20. The second kappa shape index (κ2) is 6.54. The first-order valence-electron chi connectivity index (χ1n) is 6.05. The molecular formula is C10H23N3O2S. The molecule has 0 aromatic heterocycles. The van der Waals surface area contributed by atoms with Gasteiger partial charge < -0.3 is 5.32 Å². The van der Waals surface area contributed by atoms with Gasteiger partial charge in [0.05, 0.1) is 0 Å². The van der Waals surface area contributed by atoms with Crippen molar-refractivity contribution in [1.82, 2.24) is 14.3 Å². The van der Waals surface area contributed by atoms with Crippen LogP contribution in [0.4, 0.5) is 0 Å². The summed E-state index contributed by atoms with van der Waals surface area (Å²) in [5.41, 5.74) is 0. The standard InChI is InChI=1S/C10H23N3O2S/c1-3-13(4-2)16(14,15)12-9-10-6-5-7-11-8-10/h10-12H,3-9H2,1-2H3. The number of rotatable bonds is 6. The van der Waals surface area contributed by atoms with Crippen molar-refractivity contribution < 1.29 is 8.42 Å². The van der Waals surface area contributed by atoms with Crippen LogP contribution in [0, 0.1) is 5.92 Å².